The minimum atomic E-state index is -0.301. The predicted octanol–water partition coefficient (Wildman–Crippen LogP) is 4.66. The molecule has 1 aliphatic rings. The SMILES string of the molecule is C=CC(=O)Nc1cccc(Oc2nc(N(C)c3ccc(N4CCN(C)CC4)cc3)nc3ccoc23)c1. The maximum atomic E-state index is 11.7. The van der Waals surface area contributed by atoms with Crippen LogP contribution >= 0.6 is 0 Å². The summed E-state index contributed by atoms with van der Waals surface area (Å²) < 4.78 is 11.7. The zero-order valence-corrected chi connectivity index (χ0v) is 20.3. The van der Waals surface area contributed by atoms with Crippen molar-refractivity contribution in [3.63, 3.8) is 0 Å². The lowest BCUT2D eigenvalue weighted by Crippen LogP contribution is -2.44. The Hall–Kier alpha value is -4.37. The van der Waals surface area contributed by atoms with Crippen LogP contribution in [0.15, 0.2) is 77.9 Å². The van der Waals surface area contributed by atoms with E-state index in [1.807, 2.05) is 11.9 Å². The van der Waals surface area contributed by atoms with Gasteiger partial charge in [-0.1, -0.05) is 12.6 Å². The molecule has 1 amide bonds. The van der Waals surface area contributed by atoms with Gasteiger partial charge in [0.25, 0.3) is 5.88 Å². The summed E-state index contributed by atoms with van der Waals surface area (Å²) in [5.41, 5.74) is 3.82. The van der Waals surface area contributed by atoms with Crippen LogP contribution in [0.25, 0.3) is 11.1 Å². The van der Waals surface area contributed by atoms with Gasteiger partial charge in [0.2, 0.25) is 17.4 Å². The minimum Gasteiger partial charge on any atom is -0.457 e. The Morgan fingerprint density at radius 1 is 1.11 bits per heavy atom. The van der Waals surface area contributed by atoms with Gasteiger partial charge in [0.1, 0.15) is 11.3 Å². The van der Waals surface area contributed by atoms with Gasteiger partial charge in [-0.2, -0.15) is 4.98 Å². The van der Waals surface area contributed by atoms with E-state index >= 15 is 0 Å². The van der Waals surface area contributed by atoms with Crippen LogP contribution in [-0.4, -0.2) is 61.0 Å². The van der Waals surface area contributed by atoms with Crippen molar-refractivity contribution in [3.8, 4) is 11.6 Å². The average Bonchev–Trinajstić information content (AvgIpc) is 3.38. The van der Waals surface area contributed by atoms with Crippen molar-refractivity contribution < 1.29 is 13.9 Å². The van der Waals surface area contributed by atoms with E-state index in [4.69, 9.17) is 9.15 Å². The highest BCUT2D eigenvalue weighted by molar-refractivity contribution is 5.99. The first kappa shape index (κ1) is 23.4. The number of furan rings is 1. The summed E-state index contributed by atoms with van der Waals surface area (Å²) in [6.45, 7) is 7.64. The van der Waals surface area contributed by atoms with Crippen LogP contribution in [0, 0.1) is 0 Å². The van der Waals surface area contributed by atoms with E-state index in [1.54, 1.807) is 36.6 Å². The largest absolute Gasteiger partial charge is 0.457 e. The average molecular weight is 485 g/mol. The van der Waals surface area contributed by atoms with Gasteiger partial charge in [-0.3, -0.25) is 4.79 Å². The molecule has 0 atom stereocenters. The molecule has 4 aromatic rings. The van der Waals surface area contributed by atoms with Crippen LogP contribution in [0.5, 0.6) is 11.6 Å². The molecular weight excluding hydrogens is 456 g/mol. The topological polar surface area (TPSA) is 87.0 Å². The lowest BCUT2D eigenvalue weighted by molar-refractivity contribution is -0.111. The molecule has 1 fully saturated rings. The van der Waals surface area contributed by atoms with Crippen LogP contribution in [0.3, 0.4) is 0 Å². The fraction of sp³-hybridized carbons (Fsp3) is 0.222. The van der Waals surface area contributed by atoms with Crippen LogP contribution < -0.4 is 19.9 Å². The number of likely N-dealkylation sites (N-methyl/N-ethyl adjacent to an activating group) is 1. The van der Waals surface area contributed by atoms with Gasteiger partial charge < -0.3 is 29.2 Å². The summed E-state index contributed by atoms with van der Waals surface area (Å²) >= 11 is 0. The number of fused-ring (bicyclic) bond motifs is 1. The Balaban J connectivity index is 1.39. The molecule has 0 aliphatic carbocycles. The van der Waals surface area contributed by atoms with E-state index in [0.717, 1.165) is 31.9 Å². The highest BCUT2D eigenvalue weighted by Crippen LogP contribution is 2.33. The highest BCUT2D eigenvalue weighted by Gasteiger charge is 2.18. The standard InChI is InChI=1S/C27H28N6O3/c1-4-24(34)28-19-6-5-7-22(18-19)36-26-25-23(12-17-35-25)29-27(30-26)32(3)20-8-10-21(11-9-20)33-15-13-31(2)14-16-33/h4-12,17-18H,1,13-16H2,2-3H3,(H,28,34). The number of aromatic nitrogens is 2. The van der Waals surface area contributed by atoms with Gasteiger partial charge in [-0.05, 0) is 49.5 Å². The molecule has 5 rings (SSSR count). The fourth-order valence-corrected chi connectivity index (χ4v) is 4.05. The first-order chi connectivity index (χ1) is 17.5. The summed E-state index contributed by atoms with van der Waals surface area (Å²) in [6.07, 6.45) is 2.77. The van der Waals surface area contributed by atoms with E-state index in [2.05, 4.69) is 63.0 Å². The number of piperazine rings is 1. The third-order valence-electron chi connectivity index (χ3n) is 6.17. The maximum Gasteiger partial charge on any atom is 0.268 e. The molecule has 36 heavy (non-hydrogen) atoms. The number of hydrogen-bond acceptors (Lipinski definition) is 8. The Labute approximate surface area is 209 Å². The molecular formula is C27H28N6O3. The Morgan fingerprint density at radius 3 is 2.64 bits per heavy atom. The molecule has 0 bridgehead atoms. The molecule has 0 saturated carbocycles. The molecule has 0 spiro atoms. The molecule has 0 radical (unpaired) electrons. The lowest BCUT2D eigenvalue weighted by atomic mass is 10.2. The second-order valence-corrected chi connectivity index (χ2v) is 8.65. The Bertz CT molecular complexity index is 1380. The summed E-state index contributed by atoms with van der Waals surface area (Å²) in [5.74, 6) is 0.957. The molecule has 9 nitrogen and oxygen atoms in total. The monoisotopic (exact) mass is 484 g/mol. The molecule has 2 aromatic heterocycles. The van der Waals surface area contributed by atoms with Crippen molar-refractivity contribution in [3.05, 3.63) is 73.5 Å². The normalized spacial score (nSPS) is 14.0. The first-order valence-corrected chi connectivity index (χ1v) is 11.7. The molecule has 1 aliphatic heterocycles. The van der Waals surface area contributed by atoms with Crippen molar-refractivity contribution in [2.45, 2.75) is 0 Å². The third-order valence-corrected chi connectivity index (χ3v) is 6.17. The van der Waals surface area contributed by atoms with Crippen molar-refractivity contribution in [1.82, 2.24) is 14.9 Å². The number of rotatable bonds is 7. The summed E-state index contributed by atoms with van der Waals surface area (Å²) in [7, 11) is 4.07. The van der Waals surface area contributed by atoms with Gasteiger partial charge in [-0.15, -0.1) is 0 Å². The van der Waals surface area contributed by atoms with Crippen LogP contribution in [-0.2, 0) is 4.79 Å². The molecule has 1 saturated heterocycles. The van der Waals surface area contributed by atoms with E-state index in [9.17, 15) is 4.79 Å². The molecule has 0 unspecified atom stereocenters. The van der Waals surface area contributed by atoms with E-state index in [1.165, 1.54) is 11.8 Å². The van der Waals surface area contributed by atoms with Gasteiger partial charge in [0.05, 0.1) is 6.26 Å². The van der Waals surface area contributed by atoms with Gasteiger partial charge >= 0.3 is 0 Å². The van der Waals surface area contributed by atoms with Crippen LogP contribution in [0.1, 0.15) is 0 Å². The zero-order chi connectivity index (χ0) is 25.1. The fourth-order valence-electron chi connectivity index (χ4n) is 4.05. The first-order valence-electron chi connectivity index (χ1n) is 11.7. The van der Waals surface area contributed by atoms with Crippen molar-refractivity contribution in [1.29, 1.82) is 0 Å². The van der Waals surface area contributed by atoms with Crippen molar-refractivity contribution in [2.75, 3.05) is 55.4 Å². The molecule has 3 heterocycles. The quantitative estimate of drug-likeness (QED) is 0.379. The van der Waals surface area contributed by atoms with E-state index in [0.29, 0.717) is 28.5 Å². The number of nitrogens with zero attached hydrogens (tertiary/aromatic N) is 5. The van der Waals surface area contributed by atoms with Crippen molar-refractivity contribution in [2.24, 2.45) is 0 Å². The molecule has 9 heteroatoms. The Kier molecular flexibility index (Phi) is 6.55. The number of nitrogens with one attached hydrogen (secondary N) is 1. The number of hydrogen-bond donors (Lipinski definition) is 1. The lowest BCUT2D eigenvalue weighted by Gasteiger charge is -2.34. The molecule has 2 aromatic carbocycles. The van der Waals surface area contributed by atoms with E-state index in [-0.39, 0.29) is 11.8 Å². The van der Waals surface area contributed by atoms with Crippen LogP contribution in [0.4, 0.5) is 23.0 Å². The third kappa shape index (κ3) is 5.01. The summed E-state index contributed by atoms with van der Waals surface area (Å²) in [4.78, 5) is 27.6. The molecule has 184 valence electrons. The van der Waals surface area contributed by atoms with Crippen molar-refractivity contribution >= 4 is 40.0 Å². The maximum absolute atomic E-state index is 11.7. The predicted molar refractivity (Wildman–Crippen MR) is 141 cm³/mol. The smallest absolute Gasteiger partial charge is 0.268 e. The number of carbonyl (C=O) groups is 1. The van der Waals surface area contributed by atoms with E-state index < -0.39 is 0 Å². The van der Waals surface area contributed by atoms with Crippen LogP contribution in [0.2, 0.25) is 0 Å². The van der Waals surface area contributed by atoms with Gasteiger partial charge in [-0.25, -0.2) is 4.98 Å². The number of carbonyl (C=O) groups excluding carboxylic acids is 1. The van der Waals surface area contributed by atoms with Gasteiger partial charge in [0, 0.05) is 62.4 Å². The highest BCUT2D eigenvalue weighted by atomic mass is 16.5. The minimum absolute atomic E-state index is 0.285. The second kappa shape index (κ2) is 10.1. The zero-order valence-electron chi connectivity index (χ0n) is 20.3. The summed E-state index contributed by atoms with van der Waals surface area (Å²) in [5, 5.41) is 2.72. The molecule has 1 N–H and O–H groups in total. The Morgan fingerprint density at radius 2 is 1.89 bits per heavy atom. The number of benzene rings is 2. The van der Waals surface area contributed by atoms with Gasteiger partial charge in [0.15, 0.2) is 0 Å². The summed E-state index contributed by atoms with van der Waals surface area (Å²) in [6, 6.07) is 17.2. The number of anilines is 4. The number of amides is 1. The second-order valence-electron chi connectivity index (χ2n) is 8.65. The number of ether oxygens (including phenoxy) is 1.